The highest BCUT2D eigenvalue weighted by Gasteiger charge is 2.25. The van der Waals surface area contributed by atoms with Gasteiger partial charge in [0, 0.05) is 13.1 Å². The SMILES string of the molecule is O=S(O)c1cccc(S(=O)(=O)N2CCCCCC2)c1. The molecule has 106 valence electrons. The van der Waals surface area contributed by atoms with Gasteiger partial charge in [0.15, 0.2) is 11.1 Å². The zero-order valence-corrected chi connectivity index (χ0v) is 12.1. The van der Waals surface area contributed by atoms with E-state index in [2.05, 4.69) is 0 Å². The first-order valence-corrected chi connectivity index (χ1v) is 8.77. The van der Waals surface area contributed by atoms with Crippen LogP contribution in [0, 0.1) is 0 Å². The molecule has 1 aliphatic rings. The molecule has 1 heterocycles. The third-order valence-corrected chi connectivity index (χ3v) is 5.76. The monoisotopic (exact) mass is 303 g/mol. The molecule has 1 aromatic rings. The summed E-state index contributed by atoms with van der Waals surface area (Å²) in [5, 5.41) is 0. The minimum Gasteiger partial charge on any atom is -0.302 e. The molecule has 0 radical (unpaired) electrons. The molecule has 0 spiro atoms. The lowest BCUT2D eigenvalue weighted by Gasteiger charge is -2.20. The van der Waals surface area contributed by atoms with E-state index in [9.17, 15) is 12.6 Å². The lowest BCUT2D eigenvalue weighted by Crippen LogP contribution is -2.31. The fraction of sp³-hybridized carbons (Fsp3) is 0.500. The Morgan fingerprint density at radius 2 is 1.74 bits per heavy atom. The Kier molecular flexibility index (Phi) is 4.72. The summed E-state index contributed by atoms with van der Waals surface area (Å²) in [4.78, 5) is 0.199. The van der Waals surface area contributed by atoms with Gasteiger partial charge in [0.2, 0.25) is 10.0 Å². The van der Waals surface area contributed by atoms with Crippen LogP contribution < -0.4 is 0 Å². The van der Waals surface area contributed by atoms with E-state index in [0.29, 0.717) is 13.1 Å². The number of nitrogens with zero attached hydrogens (tertiary/aromatic N) is 1. The van der Waals surface area contributed by atoms with Crippen LogP contribution in [-0.2, 0) is 21.1 Å². The minimum atomic E-state index is -3.55. The van der Waals surface area contributed by atoms with Gasteiger partial charge in [-0.25, -0.2) is 12.6 Å². The highest BCUT2D eigenvalue weighted by molar-refractivity contribution is 7.89. The Labute approximate surface area is 116 Å². The fourth-order valence-electron chi connectivity index (χ4n) is 2.17. The molecule has 1 fully saturated rings. The van der Waals surface area contributed by atoms with Gasteiger partial charge in [-0.05, 0) is 31.0 Å². The molecule has 0 aromatic heterocycles. The van der Waals surface area contributed by atoms with E-state index in [1.165, 1.54) is 28.6 Å². The summed E-state index contributed by atoms with van der Waals surface area (Å²) in [6.45, 7) is 1.05. The summed E-state index contributed by atoms with van der Waals surface area (Å²) in [5.41, 5.74) is 0. The average molecular weight is 303 g/mol. The molecule has 19 heavy (non-hydrogen) atoms. The van der Waals surface area contributed by atoms with Crippen molar-refractivity contribution >= 4 is 21.1 Å². The molecule has 7 heteroatoms. The van der Waals surface area contributed by atoms with Crippen LogP contribution >= 0.6 is 0 Å². The third kappa shape index (κ3) is 3.42. The molecular formula is C12H17NO4S2. The van der Waals surface area contributed by atoms with Gasteiger partial charge in [-0.3, -0.25) is 0 Å². The number of sulfonamides is 1. The van der Waals surface area contributed by atoms with E-state index in [-0.39, 0.29) is 9.79 Å². The molecular weight excluding hydrogens is 286 g/mol. The maximum Gasteiger partial charge on any atom is 0.243 e. The van der Waals surface area contributed by atoms with Crippen LogP contribution in [0.1, 0.15) is 25.7 Å². The Bertz CT molecular complexity index is 563. The standard InChI is InChI=1S/C12H17NO4S2/c14-18(15)11-6-5-7-12(10-11)19(16,17)13-8-3-1-2-4-9-13/h5-7,10H,1-4,8-9H2,(H,14,15). The predicted molar refractivity (Wildman–Crippen MR) is 72.7 cm³/mol. The summed E-state index contributed by atoms with van der Waals surface area (Å²) in [6.07, 6.45) is 3.83. The summed E-state index contributed by atoms with van der Waals surface area (Å²) in [5.74, 6) is 0. The Morgan fingerprint density at radius 1 is 1.11 bits per heavy atom. The van der Waals surface area contributed by atoms with Gasteiger partial charge in [-0.15, -0.1) is 0 Å². The number of hydrogen-bond donors (Lipinski definition) is 1. The van der Waals surface area contributed by atoms with E-state index >= 15 is 0 Å². The van der Waals surface area contributed by atoms with E-state index in [4.69, 9.17) is 4.55 Å². The smallest absolute Gasteiger partial charge is 0.243 e. The molecule has 5 nitrogen and oxygen atoms in total. The Balaban J connectivity index is 2.32. The number of benzene rings is 1. The first kappa shape index (κ1) is 14.6. The molecule has 2 rings (SSSR count). The van der Waals surface area contributed by atoms with Crippen molar-refractivity contribution in [2.75, 3.05) is 13.1 Å². The molecule has 1 aromatic carbocycles. The highest BCUT2D eigenvalue weighted by atomic mass is 32.2. The molecule has 1 N–H and O–H groups in total. The lowest BCUT2D eigenvalue weighted by molar-refractivity contribution is 0.423. The second kappa shape index (κ2) is 6.13. The normalized spacial score (nSPS) is 19.8. The van der Waals surface area contributed by atoms with Gasteiger partial charge in [0.25, 0.3) is 0 Å². The summed E-state index contributed by atoms with van der Waals surface area (Å²) < 4.78 is 46.4. The van der Waals surface area contributed by atoms with Crippen LogP contribution in [0.25, 0.3) is 0 Å². The van der Waals surface area contributed by atoms with E-state index < -0.39 is 21.1 Å². The van der Waals surface area contributed by atoms with E-state index in [1.807, 2.05) is 0 Å². The largest absolute Gasteiger partial charge is 0.302 e. The van der Waals surface area contributed by atoms with Gasteiger partial charge in [-0.2, -0.15) is 4.31 Å². The van der Waals surface area contributed by atoms with Gasteiger partial charge < -0.3 is 4.55 Å². The first-order valence-electron chi connectivity index (χ1n) is 6.23. The van der Waals surface area contributed by atoms with Crippen LogP contribution in [0.2, 0.25) is 0 Å². The van der Waals surface area contributed by atoms with Crippen LogP contribution in [0.15, 0.2) is 34.1 Å². The molecule has 0 bridgehead atoms. The number of hydrogen-bond acceptors (Lipinski definition) is 3. The summed E-state index contributed by atoms with van der Waals surface area (Å²) in [6, 6.07) is 5.68. The van der Waals surface area contributed by atoms with Gasteiger partial charge >= 0.3 is 0 Å². The average Bonchev–Trinajstić information content (AvgIpc) is 2.68. The third-order valence-electron chi connectivity index (χ3n) is 3.21. The quantitative estimate of drug-likeness (QED) is 0.865. The second-order valence-corrected chi connectivity index (χ2v) is 7.45. The molecule has 1 saturated heterocycles. The Morgan fingerprint density at radius 3 is 2.32 bits per heavy atom. The summed E-state index contributed by atoms with van der Waals surface area (Å²) >= 11 is -2.17. The van der Waals surface area contributed by atoms with Crippen molar-refractivity contribution in [1.82, 2.24) is 4.31 Å². The van der Waals surface area contributed by atoms with Crippen molar-refractivity contribution in [3.63, 3.8) is 0 Å². The zero-order chi connectivity index (χ0) is 13.9. The van der Waals surface area contributed by atoms with Crippen molar-refractivity contribution in [3.8, 4) is 0 Å². The fourth-order valence-corrected chi connectivity index (χ4v) is 4.24. The zero-order valence-electron chi connectivity index (χ0n) is 10.5. The van der Waals surface area contributed by atoms with Crippen molar-refractivity contribution in [2.45, 2.75) is 35.5 Å². The van der Waals surface area contributed by atoms with Gasteiger partial charge in [0.05, 0.1) is 9.79 Å². The maximum atomic E-state index is 12.5. The Hall–Kier alpha value is -0.760. The van der Waals surface area contributed by atoms with Crippen molar-refractivity contribution in [1.29, 1.82) is 0 Å². The van der Waals surface area contributed by atoms with Gasteiger partial charge in [-0.1, -0.05) is 18.9 Å². The number of rotatable bonds is 3. The molecule has 0 saturated carbocycles. The van der Waals surface area contributed by atoms with Crippen molar-refractivity contribution in [3.05, 3.63) is 24.3 Å². The lowest BCUT2D eigenvalue weighted by atomic mass is 10.2. The van der Waals surface area contributed by atoms with Crippen molar-refractivity contribution in [2.24, 2.45) is 0 Å². The van der Waals surface area contributed by atoms with Crippen LogP contribution in [-0.4, -0.2) is 34.6 Å². The topological polar surface area (TPSA) is 74.7 Å². The first-order chi connectivity index (χ1) is 9.01. The minimum absolute atomic E-state index is 0.0919. The van der Waals surface area contributed by atoms with E-state index in [0.717, 1.165) is 25.7 Å². The van der Waals surface area contributed by atoms with Crippen LogP contribution in [0.5, 0.6) is 0 Å². The highest BCUT2D eigenvalue weighted by Crippen LogP contribution is 2.21. The maximum absolute atomic E-state index is 12.5. The molecule has 1 unspecified atom stereocenters. The molecule has 0 amide bonds. The van der Waals surface area contributed by atoms with Crippen LogP contribution in [0.3, 0.4) is 0 Å². The predicted octanol–water partition coefficient (Wildman–Crippen LogP) is 1.83. The van der Waals surface area contributed by atoms with Crippen LogP contribution in [0.4, 0.5) is 0 Å². The molecule has 0 aliphatic carbocycles. The van der Waals surface area contributed by atoms with Crippen molar-refractivity contribution < 1.29 is 17.2 Å². The second-order valence-electron chi connectivity index (χ2n) is 4.54. The molecule has 1 aliphatic heterocycles. The molecule has 1 atom stereocenters. The van der Waals surface area contributed by atoms with Gasteiger partial charge in [0.1, 0.15) is 0 Å². The summed E-state index contributed by atoms with van der Waals surface area (Å²) in [7, 11) is -3.55. The van der Waals surface area contributed by atoms with E-state index in [1.54, 1.807) is 0 Å².